The average molecular weight is 420 g/mol. The predicted octanol–water partition coefficient (Wildman–Crippen LogP) is 3.81. The van der Waals surface area contributed by atoms with E-state index >= 15 is 0 Å². The number of carbonyl (C=O) groups excluding carboxylic acids is 1. The number of halogens is 3. The molecule has 1 amide bonds. The van der Waals surface area contributed by atoms with Crippen molar-refractivity contribution in [3.8, 4) is 0 Å². The van der Waals surface area contributed by atoms with Gasteiger partial charge in [0, 0.05) is 12.2 Å². The van der Waals surface area contributed by atoms with E-state index in [0.29, 0.717) is 30.3 Å². The number of nitrogens with zero attached hydrogens (tertiary/aromatic N) is 1. The molecule has 1 fully saturated rings. The van der Waals surface area contributed by atoms with E-state index in [1.165, 1.54) is 0 Å². The summed E-state index contributed by atoms with van der Waals surface area (Å²) in [5, 5.41) is 8.50. The number of H-pyrrole nitrogens is 1. The molecule has 2 atom stereocenters. The molecule has 1 saturated heterocycles. The highest BCUT2D eigenvalue weighted by Crippen LogP contribution is 2.39. The van der Waals surface area contributed by atoms with Crippen LogP contribution >= 0.6 is 12.2 Å². The molecule has 5 nitrogen and oxygen atoms in total. The summed E-state index contributed by atoms with van der Waals surface area (Å²) >= 11 is 4.94. The van der Waals surface area contributed by atoms with Crippen molar-refractivity contribution in [3.63, 3.8) is 0 Å². The summed E-state index contributed by atoms with van der Waals surface area (Å²) < 4.78 is 39.8. The Morgan fingerprint density at radius 1 is 1.24 bits per heavy atom. The number of fused-ring (bicyclic) bond motifs is 1. The summed E-state index contributed by atoms with van der Waals surface area (Å²) in [6.45, 7) is 0.658. The van der Waals surface area contributed by atoms with E-state index in [2.05, 4.69) is 20.6 Å². The molecule has 3 N–H and O–H groups in total. The maximum Gasteiger partial charge on any atom is 0.391 e. The zero-order valence-corrected chi connectivity index (χ0v) is 16.2. The molecule has 9 heteroatoms. The summed E-state index contributed by atoms with van der Waals surface area (Å²) in [7, 11) is 0. The minimum absolute atomic E-state index is 0.00249. The zero-order chi connectivity index (χ0) is 20.6. The standard InChI is InChI=1S/C20H19F3N4OS/c21-20(22,23)13-5-7-24-15(9-13)14-4-2-1-3-12(14)10-27-16-6-8-25-18(16)19(28)26-17(27)11-29/h1-4,6,8,13,15,24-25H,5,7,9-10H2,(H,26,28). The second-order valence-electron chi connectivity index (χ2n) is 7.20. The first kappa shape index (κ1) is 19.7. The smallest absolute Gasteiger partial charge is 0.355 e. The van der Waals surface area contributed by atoms with E-state index in [1.807, 2.05) is 29.2 Å². The van der Waals surface area contributed by atoms with Gasteiger partial charge in [-0.15, -0.1) is 0 Å². The number of benzene rings is 1. The van der Waals surface area contributed by atoms with Crippen molar-refractivity contribution in [2.75, 3.05) is 11.4 Å². The molecule has 2 aliphatic heterocycles. The van der Waals surface area contributed by atoms with Crippen LogP contribution < -0.4 is 15.5 Å². The SMILES string of the molecule is O=C1NC(=C=S)N(Cc2ccccc2C2CC(C(F)(F)F)CCN2)c2cc[nH]c21. The third-order valence-electron chi connectivity index (χ3n) is 5.47. The summed E-state index contributed by atoms with van der Waals surface area (Å²) in [6.07, 6.45) is -2.45. The number of amides is 1. The molecule has 29 heavy (non-hydrogen) atoms. The first-order valence-electron chi connectivity index (χ1n) is 9.27. The van der Waals surface area contributed by atoms with Crippen LogP contribution in [0.25, 0.3) is 0 Å². The molecule has 1 aromatic carbocycles. The lowest BCUT2D eigenvalue weighted by Gasteiger charge is -2.34. The Morgan fingerprint density at radius 2 is 2.03 bits per heavy atom. The molecule has 1 aromatic heterocycles. The van der Waals surface area contributed by atoms with E-state index in [-0.39, 0.29) is 18.7 Å². The molecule has 2 aliphatic rings. The van der Waals surface area contributed by atoms with Gasteiger partial charge in [-0.1, -0.05) is 24.3 Å². The van der Waals surface area contributed by atoms with Crippen molar-refractivity contribution in [1.29, 1.82) is 0 Å². The van der Waals surface area contributed by atoms with Gasteiger partial charge in [-0.25, -0.2) is 0 Å². The molecule has 0 radical (unpaired) electrons. The topological polar surface area (TPSA) is 60.2 Å². The molecular formula is C20H19F3N4OS. The van der Waals surface area contributed by atoms with Gasteiger partial charge in [0.25, 0.3) is 5.91 Å². The minimum atomic E-state index is -4.19. The lowest BCUT2D eigenvalue weighted by molar-refractivity contribution is -0.183. The average Bonchev–Trinajstić information content (AvgIpc) is 3.20. The summed E-state index contributed by atoms with van der Waals surface area (Å²) in [6, 6.07) is 8.79. The predicted molar refractivity (Wildman–Crippen MR) is 107 cm³/mol. The molecule has 4 rings (SSSR count). The Hall–Kier alpha value is -2.61. The Bertz CT molecular complexity index is 980. The van der Waals surface area contributed by atoms with Gasteiger partial charge in [0.1, 0.15) is 5.69 Å². The minimum Gasteiger partial charge on any atom is -0.355 e. The van der Waals surface area contributed by atoms with Crippen molar-refractivity contribution in [3.05, 3.63) is 59.2 Å². The number of hydrogen-bond donors (Lipinski definition) is 3. The van der Waals surface area contributed by atoms with Gasteiger partial charge in [0.05, 0.1) is 18.2 Å². The van der Waals surface area contributed by atoms with Crippen LogP contribution in [0.5, 0.6) is 0 Å². The Balaban J connectivity index is 1.65. The molecule has 152 valence electrons. The van der Waals surface area contributed by atoms with E-state index in [9.17, 15) is 18.0 Å². The van der Waals surface area contributed by atoms with Crippen LogP contribution in [0.15, 0.2) is 42.3 Å². The van der Waals surface area contributed by atoms with E-state index in [0.717, 1.165) is 11.1 Å². The molecule has 0 spiro atoms. The summed E-state index contributed by atoms with van der Waals surface area (Å²) in [5.41, 5.74) is 2.74. The van der Waals surface area contributed by atoms with E-state index in [4.69, 9.17) is 12.2 Å². The van der Waals surface area contributed by atoms with Crippen molar-refractivity contribution >= 4 is 28.8 Å². The van der Waals surface area contributed by atoms with Crippen LogP contribution in [-0.4, -0.2) is 28.6 Å². The molecule has 3 heterocycles. The second kappa shape index (κ2) is 7.67. The molecule has 2 unspecified atom stereocenters. The van der Waals surface area contributed by atoms with Gasteiger partial charge in [-0.2, -0.15) is 13.2 Å². The number of carbonyl (C=O) groups is 1. The Kier molecular flexibility index (Phi) is 5.21. The highest BCUT2D eigenvalue weighted by Gasteiger charge is 2.42. The van der Waals surface area contributed by atoms with Gasteiger partial charge >= 0.3 is 6.18 Å². The Morgan fingerprint density at radius 3 is 2.79 bits per heavy atom. The normalized spacial score (nSPS) is 22.1. The van der Waals surface area contributed by atoms with Gasteiger partial charge in [-0.3, -0.25) is 10.1 Å². The summed E-state index contributed by atoms with van der Waals surface area (Å²) in [4.78, 5) is 16.9. The molecule has 0 saturated carbocycles. The lowest BCUT2D eigenvalue weighted by Crippen LogP contribution is -2.41. The number of aromatic amines is 1. The monoisotopic (exact) mass is 420 g/mol. The number of nitrogens with one attached hydrogen (secondary N) is 3. The van der Waals surface area contributed by atoms with Crippen molar-refractivity contribution < 1.29 is 18.0 Å². The lowest BCUT2D eigenvalue weighted by atomic mass is 9.86. The highest BCUT2D eigenvalue weighted by molar-refractivity contribution is 7.78. The van der Waals surface area contributed by atoms with Gasteiger partial charge in [-0.05, 0) is 53.8 Å². The van der Waals surface area contributed by atoms with Crippen LogP contribution in [0.3, 0.4) is 0 Å². The molecular weight excluding hydrogens is 401 g/mol. The Labute approximate surface area is 171 Å². The maximum atomic E-state index is 13.3. The van der Waals surface area contributed by atoms with Gasteiger partial charge < -0.3 is 15.2 Å². The first-order chi connectivity index (χ1) is 13.9. The largest absolute Gasteiger partial charge is 0.391 e. The van der Waals surface area contributed by atoms with Gasteiger partial charge in [0.2, 0.25) is 0 Å². The molecule has 2 aromatic rings. The fourth-order valence-corrected chi connectivity index (χ4v) is 4.17. The number of piperidine rings is 1. The third-order valence-corrected chi connectivity index (χ3v) is 5.66. The quantitative estimate of drug-likeness (QED) is 0.661. The van der Waals surface area contributed by atoms with Crippen LogP contribution in [0.2, 0.25) is 0 Å². The van der Waals surface area contributed by atoms with Gasteiger partial charge in [0.15, 0.2) is 5.82 Å². The van der Waals surface area contributed by atoms with E-state index in [1.54, 1.807) is 12.3 Å². The van der Waals surface area contributed by atoms with E-state index < -0.39 is 18.1 Å². The highest BCUT2D eigenvalue weighted by atomic mass is 32.1. The van der Waals surface area contributed by atoms with Crippen LogP contribution in [0, 0.1) is 5.92 Å². The fraction of sp³-hybridized carbons (Fsp3) is 0.350. The van der Waals surface area contributed by atoms with Crippen molar-refractivity contribution in [2.24, 2.45) is 5.92 Å². The number of rotatable bonds is 3. The second-order valence-corrected chi connectivity index (χ2v) is 7.40. The first-order valence-corrected chi connectivity index (χ1v) is 9.68. The summed E-state index contributed by atoms with van der Waals surface area (Å²) in [5.74, 6) is -1.27. The molecule has 0 aliphatic carbocycles. The molecule has 0 bridgehead atoms. The number of aromatic nitrogens is 1. The van der Waals surface area contributed by atoms with Crippen LogP contribution in [0.4, 0.5) is 18.9 Å². The number of anilines is 1. The number of hydrogen-bond acceptors (Lipinski definition) is 4. The fourth-order valence-electron chi connectivity index (χ4n) is 4.01. The van der Waals surface area contributed by atoms with Crippen molar-refractivity contribution in [2.45, 2.75) is 31.6 Å². The maximum absolute atomic E-state index is 13.3. The van der Waals surface area contributed by atoms with Crippen LogP contribution in [0.1, 0.15) is 40.5 Å². The number of thiocarbonyl (C=S) groups is 1. The third kappa shape index (κ3) is 3.81. The van der Waals surface area contributed by atoms with Crippen LogP contribution in [-0.2, 0) is 6.54 Å². The van der Waals surface area contributed by atoms with Crippen molar-refractivity contribution in [1.82, 2.24) is 15.6 Å². The number of alkyl halides is 3. The zero-order valence-electron chi connectivity index (χ0n) is 15.3.